The standard InChI is InChI=1S/C22H29N5O5S2/c23-14(8-12-9-24-15-5-2-1-4-13(12)15)21(30)27-7-3-6-18(27)20(29)25-16(10-33)19(28)26-17(11-34)22(31)32/h1-2,4-5,9,14,16-18,24,33-34H,3,6-8,10-11,23H2,(H,25,29)(H,26,28)(H,31,32). The zero-order chi connectivity index (χ0) is 24.8. The van der Waals surface area contributed by atoms with Crippen molar-refractivity contribution in [3.05, 3.63) is 36.0 Å². The molecule has 34 heavy (non-hydrogen) atoms. The van der Waals surface area contributed by atoms with Gasteiger partial charge >= 0.3 is 5.97 Å². The molecule has 6 N–H and O–H groups in total. The lowest BCUT2D eigenvalue weighted by atomic mass is 10.0. The summed E-state index contributed by atoms with van der Waals surface area (Å²) in [4.78, 5) is 54.2. The van der Waals surface area contributed by atoms with Gasteiger partial charge in [0.25, 0.3) is 0 Å². The third-order valence-electron chi connectivity index (χ3n) is 5.88. The van der Waals surface area contributed by atoms with Crippen molar-refractivity contribution in [1.29, 1.82) is 0 Å². The van der Waals surface area contributed by atoms with Crippen LogP contribution in [0.2, 0.25) is 0 Å². The smallest absolute Gasteiger partial charge is 0.327 e. The Balaban J connectivity index is 1.63. The Morgan fingerprint density at radius 3 is 2.53 bits per heavy atom. The SMILES string of the molecule is NC(Cc1c[nH]c2ccccc12)C(=O)N1CCCC1C(=O)NC(CS)C(=O)NC(CS)C(=O)O. The summed E-state index contributed by atoms with van der Waals surface area (Å²) in [6.45, 7) is 0.386. The number of aromatic amines is 1. The molecular formula is C22H29N5O5S2. The Kier molecular flexibility index (Phi) is 8.86. The third kappa shape index (κ3) is 5.86. The van der Waals surface area contributed by atoms with Gasteiger partial charge in [-0.1, -0.05) is 18.2 Å². The molecule has 2 heterocycles. The maximum absolute atomic E-state index is 13.1. The summed E-state index contributed by atoms with van der Waals surface area (Å²) in [5.41, 5.74) is 8.11. The van der Waals surface area contributed by atoms with Gasteiger partial charge in [0.15, 0.2) is 0 Å². The van der Waals surface area contributed by atoms with E-state index in [1.165, 1.54) is 4.90 Å². The number of carbonyl (C=O) groups excluding carboxylic acids is 3. The number of H-pyrrole nitrogens is 1. The number of para-hydroxylation sites is 1. The van der Waals surface area contributed by atoms with Gasteiger partial charge in [-0.05, 0) is 30.9 Å². The van der Waals surface area contributed by atoms with E-state index in [2.05, 4.69) is 40.9 Å². The number of carboxylic acid groups (broad SMARTS) is 1. The van der Waals surface area contributed by atoms with Gasteiger partial charge in [0, 0.05) is 35.2 Å². The quantitative estimate of drug-likeness (QED) is 0.223. The topological polar surface area (TPSA) is 158 Å². The second kappa shape index (κ2) is 11.6. The molecule has 1 aromatic heterocycles. The number of likely N-dealkylation sites (tertiary alicyclic amines) is 1. The van der Waals surface area contributed by atoms with Gasteiger partial charge in [-0.2, -0.15) is 25.3 Å². The maximum atomic E-state index is 13.1. The van der Waals surface area contributed by atoms with Gasteiger partial charge in [0.2, 0.25) is 17.7 Å². The molecule has 3 rings (SSSR count). The third-order valence-corrected chi connectivity index (χ3v) is 6.61. The summed E-state index contributed by atoms with van der Waals surface area (Å²) in [5, 5.41) is 15.0. The average Bonchev–Trinajstić information content (AvgIpc) is 3.47. The van der Waals surface area contributed by atoms with E-state index >= 15 is 0 Å². The van der Waals surface area contributed by atoms with Crippen molar-refractivity contribution in [3.63, 3.8) is 0 Å². The molecule has 4 unspecified atom stereocenters. The molecule has 0 saturated carbocycles. The second-order valence-electron chi connectivity index (χ2n) is 8.19. The molecule has 1 fully saturated rings. The Labute approximate surface area is 207 Å². The van der Waals surface area contributed by atoms with Crippen molar-refractivity contribution in [1.82, 2.24) is 20.5 Å². The summed E-state index contributed by atoms with van der Waals surface area (Å²) >= 11 is 8.02. The highest BCUT2D eigenvalue weighted by atomic mass is 32.1. The minimum Gasteiger partial charge on any atom is -0.480 e. The fourth-order valence-corrected chi connectivity index (χ4v) is 4.57. The average molecular weight is 508 g/mol. The zero-order valence-electron chi connectivity index (χ0n) is 18.4. The van der Waals surface area contributed by atoms with Crippen LogP contribution in [-0.4, -0.2) is 80.9 Å². The highest BCUT2D eigenvalue weighted by Crippen LogP contribution is 2.22. The summed E-state index contributed by atoms with van der Waals surface area (Å²) < 4.78 is 0. The number of thiol groups is 2. The number of benzene rings is 1. The van der Waals surface area contributed by atoms with Crippen LogP contribution in [0.4, 0.5) is 0 Å². The number of fused-ring (bicyclic) bond motifs is 1. The molecule has 1 saturated heterocycles. The molecule has 4 atom stereocenters. The van der Waals surface area contributed by atoms with Gasteiger partial charge in [-0.15, -0.1) is 0 Å². The van der Waals surface area contributed by atoms with Gasteiger partial charge in [0.1, 0.15) is 18.1 Å². The number of aromatic nitrogens is 1. The van der Waals surface area contributed by atoms with Crippen LogP contribution in [0.15, 0.2) is 30.5 Å². The molecule has 12 heteroatoms. The molecule has 0 spiro atoms. The molecule has 0 bridgehead atoms. The summed E-state index contributed by atoms with van der Waals surface area (Å²) in [7, 11) is 0. The van der Waals surface area contributed by atoms with E-state index in [1.54, 1.807) is 0 Å². The predicted molar refractivity (Wildman–Crippen MR) is 134 cm³/mol. The molecule has 2 aromatic rings. The summed E-state index contributed by atoms with van der Waals surface area (Å²) in [5.74, 6) is -2.90. The Hall–Kier alpha value is -2.70. The van der Waals surface area contributed by atoms with Crippen molar-refractivity contribution in [2.45, 2.75) is 43.4 Å². The highest BCUT2D eigenvalue weighted by Gasteiger charge is 2.37. The number of aliphatic carboxylic acids is 1. The molecule has 0 radical (unpaired) electrons. The summed E-state index contributed by atoms with van der Waals surface area (Å²) in [6.07, 6.45) is 3.21. The van der Waals surface area contributed by atoms with Crippen LogP contribution in [0.5, 0.6) is 0 Å². The van der Waals surface area contributed by atoms with Crippen molar-refractivity contribution < 1.29 is 24.3 Å². The van der Waals surface area contributed by atoms with E-state index in [1.807, 2.05) is 30.5 Å². The fourth-order valence-electron chi connectivity index (χ4n) is 4.06. The number of rotatable bonds is 10. The van der Waals surface area contributed by atoms with Gasteiger partial charge in [-0.25, -0.2) is 4.79 Å². The van der Waals surface area contributed by atoms with Crippen LogP contribution in [0.25, 0.3) is 10.9 Å². The summed E-state index contributed by atoms with van der Waals surface area (Å²) in [6, 6.07) is 3.87. The van der Waals surface area contributed by atoms with Gasteiger partial charge < -0.3 is 31.4 Å². The first-order chi connectivity index (χ1) is 16.3. The number of nitrogens with two attached hydrogens (primary N) is 1. The minimum absolute atomic E-state index is 0.0444. The Morgan fingerprint density at radius 2 is 1.85 bits per heavy atom. The van der Waals surface area contributed by atoms with E-state index in [9.17, 15) is 19.2 Å². The van der Waals surface area contributed by atoms with E-state index in [4.69, 9.17) is 10.8 Å². The zero-order valence-corrected chi connectivity index (χ0v) is 20.2. The van der Waals surface area contributed by atoms with Crippen molar-refractivity contribution in [2.75, 3.05) is 18.1 Å². The van der Waals surface area contributed by atoms with E-state index in [0.717, 1.165) is 16.5 Å². The van der Waals surface area contributed by atoms with Crippen LogP contribution < -0.4 is 16.4 Å². The van der Waals surface area contributed by atoms with E-state index in [0.29, 0.717) is 25.8 Å². The molecule has 1 aliphatic heterocycles. The van der Waals surface area contributed by atoms with E-state index in [-0.39, 0.29) is 17.4 Å². The minimum atomic E-state index is -1.23. The van der Waals surface area contributed by atoms with Gasteiger partial charge in [0.05, 0.1) is 6.04 Å². The lowest BCUT2D eigenvalue weighted by Gasteiger charge is -2.28. The normalized spacial score (nSPS) is 18.3. The maximum Gasteiger partial charge on any atom is 0.327 e. The first-order valence-electron chi connectivity index (χ1n) is 10.9. The van der Waals surface area contributed by atoms with Crippen molar-refractivity contribution in [2.24, 2.45) is 5.73 Å². The number of hydrogen-bond acceptors (Lipinski definition) is 7. The predicted octanol–water partition coefficient (Wildman–Crippen LogP) is -0.0575. The molecule has 1 aliphatic rings. The largest absolute Gasteiger partial charge is 0.480 e. The first-order valence-corrected chi connectivity index (χ1v) is 12.2. The number of carboxylic acids is 1. The van der Waals surface area contributed by atoms with Crippen LogP contribution in [0.3, 0.4) is 0 Å². The fraction of sp³-hybridized carbons (Fsp3) is 0.455. The molecule has 3 amide bonds. The highest BCUT2D eigenvalue weighted by molar-refractivity contribution is 7.80. The van der Waals surface area contributed by atoms with E-state index < -0.39 is 42.0 Å². The lowest BCUT2D eigenvalue weighted by Crippen LogP contribution is -2.57. The van der Waals surface area contributed by atoms with Crippen LogP contribution in [-0.2, 0) is 25.6 Å². The van der Waals surface area contributed by atoms with Crippen LogP contribution in [0, 0.1) is 0 Å². The lowest BCUT2D eigenvalue weighted by molar-refractivity contribution is -0.142. The van der Waals surface area contributed by atoms with Crippen LogP contribution in [0.1, 0.15) is 18.4 Å². The van der Waals surface area contributed by atoms with Crippen molar-refractivity contribution >= 4 is 59.9 Å². The first kappa shape index (κ1) is 25.9. The van der Waals surface area contributed by atoms with Crippen molar-refractivity contribution in [3.8, 4) is 0 Å². The second-order valence-corrected chi connectivity index (χ2v) is 8.92. The molecule has 10 nitrogen and oxygen atoms in total. The Bertz CT molecular complexity index is 1060. The number of hydrogen-bond donors (Lipinski definition) is 7. The molecule has 0 aliphatic carbocycles. The number of carbonyl (C=O) groups is 4. The monoisotopic (exact) mass is 507 g/mol. The van der Waals surface area contributed by atoms with Crippen LogP contribution >= 0.6 is 25.3 Å². The molecule has 184 valence electrons. The number of nitrogens with zero attached hydrogens (tertiary/aromatic N) is 1. The number of nitrogens with one attached hydrogen (secondary N) is 3. The molecule has 1 aromatic carbocycles. The number of amides is 3. The molecular weight excluding hydrogens is 478 g/mol. The van der Waals surface area contributed by atoms with Gasteiger partial charge in [-0.3, -0.25) is 14.4 Å². The Morgan fingerprint density at radius 1 is 1.15 bits per heavy atom.